The molecule has 2 aromatic rings. The van der Waals surface area contributed by atoms with E-state index in [9.17, 15) is 0 Å². The average molecular weight is 170 g/mol. The summed E-state index contributed by atoms with van der Waals surface area (Å²) in [6.45, 7) is 0.477. The zero-order chi connectivity index (χ0) is 9.10. The normalized spacial score (nSPS) is 10.2. The summed E-state index contributed by atoms with van der Waals surface area (Å²) >= 11 is 0. The molecule has 0 spiro atoms. The predicted octanol–water partition coefficient (Wildman–Crippen LogP) is 3.37. The highest BCUT2D eigenvalue weighted by molar-refractivity contribution is 5.82. The third-order valence-electron chi connectivity index (χ3n) is 2.08. The van der Waals surface area contributed by atoms with E-state index in [1.807, 2.05) is 18.2 Å². The first-order chi connectivity index (χ1) is 6.40. The molecule has 0 bridgehead atoms. The molecule has 2 aromatic carbocycles. The van der Waals surface area contributed by atoms with Gasteiger partial charge in [0.15, 0.2) is 0 Å². The van der Waals surface area contributed by atoms with Crippen molar-refractivity contribution in [3.63, 3.8) is 0 Å². The van der Waals surface area contributed by atoms with Crippen molar-refractivity contribution in [2.24, 2.45) is 5.11 Å². The maximum Gasteiger partial charge on any atom is 0.0847 e. The first-order valence-corrected chi connectivity index (χ1v) is 4.21. The van der Waals surface area contributed by atoms with Crippen molar-refractivity contribution in [3.8, 4) is 0 Å². The number of hydrogen-bond acceptors (Lipinski definition) is 2. The molecule has 0 aromatic heterocycles. The van der Waals surface area contributed by atoms with Gasteiger partial charge in [-0.2, -0.15) is 5.11 Å². The molecule has 2 rings (SSSR count). The molecule has 0 heterocycles. The van der Waals surface area contributed by atoms with Crippen molar-refractivity contribution in [1.82, 2.24) is 0 Å². The Kier molecular flexibility index (Phi) is 2.04. The zero-order valence-electron chi connectivity index (χ0n) is 7.20. The van der Waals surface area contributed by atoms with Gasteiger partial charge in [0.2, 0.25) is 0 Å². The minimum absolute atomic E-state index is 0.477. The van der Waals surface area contributed by atoms with Crippen molar-refractivity contribution in [2.45, 2.75) is 6.54 Å². The minimum atomic E-state index is 0.477. The van der Waals surface area contributed by atoms with Crippen molar-refractivity contribution >= 4 is 10.8 Å². The lowest BCUT2D eigenvalue weighted by atomic mass is 10.1. The van der Waals surface area contributed by atoms with Crippen LogP contribution in [-0.4, -0.2) is 0 Å². The van der Waals surface area contributed by atoms with Crippen LogP contribution in [0.25, 0.3) is 10.8 Å². The first kappa shape index (κ1) is 7.92. The van der Waals surface area contributed by atoms with Crippen LogP contribution < -0.4 is 0 Å². The lowest BCUT2D eigenvalue weighted by molar-refractivity contribution is 0.909. The van der Waals surface area contributed by atoms with E-state index in [4.69, 9.17) is 5.53 Å². The molecule has 0 fully saturated rings. The van der Waals surface area contributed by atoms with Gasteiger partial charge in [0, 0.05) is 0 Å². The standard InChI is InChI=1S/C11H10N2/c12-13-8-9-5-6-10-3-1-2-4-11(10)7-9/h1-7,12H,8H2. The Morgan fingerprint density at radius 3 is 2.54 bits per heavy atom. The number of fused-ring (bicyclic) bond motifs is 1. The molecule has 0 radical (unpaired) electrons. The van der Waals surface area contributed by atoms with Crippen molar-refractivity contribution < 1.29 is 0 Å². The van der Waals surface area contributed by atoms with Crippen LogP contribution in [0.1, 0.15) is 5.56 Å². The van der Waals surface area contributed by atoms with E-state index in [1.54, 1.807) is 0 Å². The molecule has 13 heavy (non-hydrogen) atoms. The molecule has 1 N–H and O–H groups in total. The van der Waals surface area contributed by atoms with Gasteiger partial charge in [-0.05, 0) is 22.4 Å². The van der Waals surface area contributed by atoms with E-state index in [0.29, 0.717) is 6.54 Å². The Morgan fingerprint density at radius 1 is 1.00 bits per heavy atom. The molecule has 0 aliphatic carbocycles. The average Bonchev–Trinajstić information content (AvgIpc) is 2.18. The molecule has 0 atom stereocenters. The summed E-state index contributed by atoms with van der Waals surface area (Å²) in [6.07, 6.45) is 0. The second kappa shape index (κ2) is 3.35. The molecule has 0 aliphatic heterocycles. The Hall–Kier alpha value is -1.70. The highest BCUT2D eigenvalue weighted by Crippen LogP contribution is 2.15. The van der Waals surface area contributed by atoms with Crippen molar-refractivity contribution in [3.05, 3.63) is 48.0 Å². The van der Waals surface area contributed by atoms with Crippen LogP contribution in [0.3, 0.4) is 0 Å². The Bertz CT molecular complexity index is 435. The van der Waals surface area contributed by atoms with E-state index < -0.39 is 0 Å². The van der Waals surface area contributed by atoms with Gasteiger partial charge in [0.1, 0.15) is 0 Å². The van der Waals surface area contributed by atoms with Crippen LogP contribution in [0, 0.1) is 5.53 Å². The van der Waals surface area contributed by atoms with Crippen LogP contribution >= 0.6 is 0 Å². The van der Waals surface area contributed by atoms with Gasteiger partial charge in [-0.3, -0.25) is 0 Å². The number of benzene rings is 2. The van der Waals surface area contributed by atoms with Crippen molar-refractivity contribution in [2.75, 3.05) is 0 Å². The largest absolute Gasteiger partial charge is 0.210 e. The van der Waals surface area contributed by atoms with Crippen molar-refractivity contribution in [1.29, 1.82) is 5.53 Å². The smallest absolute Gasteiger partial charge is 0.0847 e. The van der Waals surface area contributed by atoms with Gasteiger partial charge in [0.05, 0.1) is 6.54 Å². The van der Waals surface area contributed by atoms with E-state index in [-0.39, 0.29) is 0 Å². The number of hydrogen-bond donors (Lipinski definition) is 1. The fourth-order valence-electron chi connectivity index (χ4n) is 1.43. The topological polar surface area (TPSA) is 36.2 Å². The van der Waals surface area contributed by atoms with Gasteiger partial charge in [-0.1, -0.05) is 36.4 Å². The molecule has 0 saturated heterocycles. The van der Waals surface area contributed by atoms with Crippen LogP contribution in [0.4, 0.5) is 0 Å². The van der Waals surface area contributed by atoms with Crippen LogP contribution in [0.5, 0.6) is 0 Å². The molecular weight excluding hydrogens is 160 g/mol. The molecule has 2 nitrogen and oxygen atoms in total. The third-order valence-corrected chi connectivity index (χ3v) is 2.08. The summed E-state index contributed by atoms with van der Waals surface area (Å²) in [5.74, 6) is 0. The van der Waals surface area contributed by atoms with E-state index in [1.165, 1.54) is 10.8 Å². The third kappa shape index (κ3) is 1.56. The quantitative estimate of drug-likeness (QED) is 0.671. The fraction of sp³-hybridized carbons (Fsp3) is 0.0909. The number of nitrogens with one attached hydrogen (secondary N) is 1. The van der Waals surface area contributed by atoms with Crippen LogP contribution in [0.15, 0.2) is 47.6 Å². The summed E-state index contributed by atoms with van der Waals surface area (Å²) in [4.78, 5) is 0. The number of rotatable bonds is 2. The first-order valence-electron chi connectivity index (χ1n) is 4.21. The molecule has 0 saturated carbocycles. The lowest BCUT2D eigenvalue weighted by Crippen LogP contribution is -1.80. The summed E-state index contributed by atoms with van der Waals surface area (Å²) in [6, 6.07) is 14.4. The summed E-state index contributed by atoms with van der Waals surface area (Å²) in [5, 5.41) is 5.81. The maximum atomic E-state index is 6.77. The molecule has 64 valence electrons. The lowest BCUT2D eigenvalue weighted by Gasteiger charge is -1.99. The second-order valence-corrected chi connectivity index (χ2v) is 3.00. The van der Waals surface area contributed by atoms with Gasteiger partial charge < -0.3 is 0 Å². The summed E-state index contributed by atoms with van der Waals surface area (Å²) in [7, 11) is 0. The van der Waals surface area contributed by atoms with Gasteiger partial charge in [0.25, 0.3) is 0 Å². The van der Waals surface area contributed by atoms with E-state index in [0.717, 1.165) is 5.56 Å². The Morgan fingerprint density at radius 2 is 1.77 bits per heavy atom. The maximum absolute atomic E-state index is 6.77. The van der Waals surface area contributed by atoms with Crippen LogP contribution in [-0.2, 0) is 6.54 Å². The minimum Gasteiger partial charge on any atom is -0.210 e. The molecule has 0 amide bonds. The molecule has 0 aliphatic rings. The molecular formula is C11H10N2. The van der Waals surface area contributed by atoms with Gasteiger partial charge >= 0.3 is 0 Å². The zero-order valence-corrected chi connectivity index (χ0v) is 7.20. The predicted molar refractivity (Wildman–Crippen MR) is 52.8 cm³/mol. The van der Waals surface area contributed by atoms with E-state index >= 15 is 0 Å². The fourth-order valence-corrected chi connectivity index (χ4v) is 1.43. The number of nitrogens with zero attached hydrogens (tertiary/aromatic N) is 1. The van der Waals surface area contributed by atoms with Gasteiger partial charge in [-0.15, -0.1) is 0 Å². The SMILES string of the molecule is N=NCc1ccc2ccccc2c1. The molecule has 2 heteroatoms. The Balaban J connectivity index is 2.55. The van der Waals surface area contributed by atoms with Gasteiger partial charge in [-0.25, -0.2) is 5.53 Å². The Labute approximate surface area is 76.7 Å². The molecule has 0 unspecified atom stereocenters. The summed E-state index contributed by atoms with van der Waals surface area (Å²) < 4.78 is 0. The van der Waals surface area contributed by atoms with Crippen LogP contribution in [0.2, 0.25) is 0 Å². The monoisotopic (exact) mass is 170 g/mol. The highest BCUT2D eigenvalue weighted by atomic mass is 14.9. The summed E-state index contributed by atoms with van der Waals surface area (Å²) in [5.41, 5.74) is 7.86. The second-order valence-electron chi connectivity index (χ2n) is 3.00. The van der Waals surface area contributed by atoms with E-state index in [2.05, 4.69) is 29.4 Å². The highest BCUT2D eigenvalue weighted by Gasteiger charge is 1.94.